The predicted octanol–water partition coefficient (Wildman–Crippen LogP) is 0.897. The molecule has 0 spiro atoms. The number of rotatable bonds is 2. The molecular formula is C10H16N4O3. The van der Waals surface area contributed by atoms with Gasteiger partial charge in [0.2, 0.25) is 0 Å². The van der Waals surface area contributed by atoms with Crippen LogP contribution in [0.15, 0.2) is 6.20 Å². The van der Waals surface area contributed by atoms with Crippen molar-refractivity contribution in [1.29, 1.82) is 0 Å². The zero-order valence-corrected chi connectivity index (χ0v) is 9.70. The number of hydrogen-bond donors (Lipinski definition) is 1. The zero-order valence-electron chi connectivity index (χ0n) is 9.70. The Labute approximate surface area is 98.7 Å². The van der Waals surface area contributed by atoms with Gasteiger partial charge in [-0.2, -0.15) is 5.10 Å². The minimum Gasteiger partial charge on any atom is -0.372 e. The van der Waals surface area contributed by atoms with Gasteiger partial charge in [-0.15, -0.1) is 0 Å². The number of ether oxygens (including phenoxy) is 1. The molecule has 7 nitrogen and oxygen atoms in total. The minimum atomic E-state index is -0.420. The number of nitro groups is 1. The summed E-state index contributed by atoms with van der Waals surface area (Å²) in [5.41, 5.74) is 6.40. The van der Waals surface area contributed by atoms with E-state index < -0.39 is 4.92 Å². The third-order valence-electron chi connectivity index (χ3n) is 3.07. The molecule has 7 heteroatoms. The second kappa shape index (κ2) is 4.80. The van der Waals surface area contributed by atoms with Crippen molar-refractivity contribution in [2.45, 2.75) is 31.4 Å². The molecule has 2 heterocycles. The molecule has 2 unspecified atom stereocenters. The Bertz CT molecular complexity index is 418. The third-order valence-corrected chi connectivity index (χ3v) is 3.07. The number of nitrogens with two attached hydrogens (primary N) is 1. The van der Waals surface area contributed by atoms with E-state index in [9.17, 15) is 10.1 Å². The highest BCUT2D eigenvalue weighted by atomic mass is 16.6. The van der Waals surface area contributed by atoms with Crippen LogP contribution in [0.3, 0.4) is 0 Å². The molecule has 0 bridgehead atoms. The van der Waals surface area contributed by atoms with Crippen LogP contribution in [0.2, 0.25) is 0 Å². The summed E-state index contributed by atoms with van der Waals surface area (Å²) in [6.07, 6.45) is 3.29. The maximum absolute atomic E-state index is 10.9. The summed E-state index contributed by atoms with van der Waals surface area (Å²) < 4.78 is 7.16. The van der Waals surface area contributed by atoms with Gasteiger partial charge in [0.25, 0.3) is 0 Å². The van der Waals surface area contributed by atoms with Gasteiger partial charge in [-0.05, 0) is 19.3 Å². The SMILES string of the molecule is Cn1ncc([N+](=O)[O-])c1C1CCC(N)CCO1. The first-order valence-corrected chi connectivity index (χ1v) is 5.63. The van der Waals surface area contributed by atoms with Crippen molar-refractivity contribution in [3.8, 4) is 0 Å². The quantitative estimate of drug-likeness (QED) is 0.612. The summed E-state index contributed by atoms with van der Waals surface area (Å²) in [5, 5.41) is 14.8. The van der Waals surface area contributed by atoms with Gasteiger partial charge in [0.05, 0.1) is 4.92 Å². The van der Waals surface area contributed by atoms with Crippen LogP contribution in [0.1, 0.15) is 31.1 Å². The lowest BCUT2D eigenvalue weighted by atomic mass is 10.1. The van der Waals surface area contributed by atoms with Gasteiger partial charge in [-0.1, -0.05) is 0 Å². The van der Waals surface area contributed by atoms with Crippen LogP contribution in [-0.2, 0) is 11.8 Å². The second-order valence-electron chi connectivity index (χ2n) is 4.28. The van der Waals surface area contributed by atoms with E-state index in [1.807, 2.05) is 0 Å². The molecule has 0 aliphatic carbocycles. The number of aryl methyl sites for hydroxylation is 1. The first-order valence-electron chi connectivity index (χ1n) is 5.63. The maximum atomic E-state index is 10.9. The summed E-state index contributed by atoms with van der Waals surface area (Å²) in [6.45, 7) is 0.536. The van der Waals surface area contributed by atoms with E-state index in [-0.39, 0.29) is 17.8 Å². The van der Waals surface area contributed by atoms with Crippen molar-refractivity contribution in [3.63, 3.8) is 0 Å². The van der Waals surface area contributed by atoms with Crippen LogP contribution >= 0.6 is 0 Å². The van der Waals surface area contributed by atoms with Gasteiger partial charge in [0, 0.05) is 19.7 Å². The minimum absolute atomic E-state index is 0.0213. The number of nitrogens with zero attached hydrogens (tertiary/aromatic N) is 3. The average Bonchev–Trinajstić information content (AvgIpc) is 2.52. The maximum Gasteiger partial charge on any atom is 0.312 e. The van der Waals surface area contributed by atoms with E-state index in [1.165, 1.54) is 10.9 Å². The Morgan fingerprint density at radius 3 is 3.06 bits per heavy atom. The molecule has 1 saturated heterocycles. The van der Waals surface area contributed by atoms with Crippen molar-refractivity contribution < 1.29 is 9.66 Å². The molecule has 2 N–H and O–H groups in total. The summed E-state index contributed by atoms with van der Waals surface area (Å²) >= 11 is 0. The van der Waals surface area contributed by atoms with Gasteiger partial charge in [0.15, 0.2) is 0 Å². The lowest BCUT2D eigenvalue weighted by Gasteiger charge is -2.14. The smallest absolute Gasteiger partial charge is 0.312 e. The topological polar surface area (TPSA) is 96.2 Å². The first-order chi connectivity index (χ1) is 8.09. The van der Waals surface area contributed by atoms with Crippen LogP contribution < -0.4 is 5.73 Å². The second-order valence-corrected chi connectivity index (χ2v) is 4.28. The third kappa shape index (κ3) is 2.45. The summed E-state index contributed by atoms with van der Waals surface area (Å²) in [7, 11) is 1.69. The van der Waals surface area contributed by atoms with E-state index in [2.05, 4.69) is 5.10 Å². The molecule has 1 fully saturated rings. The molecule has 0 radical (unpaired) electrons. The van der Waals surface area contributed by atoms with Crippen molar-refractivity contribution in [3.05, 3.63) is 22.0 Å². The standard InChI is InChI=1S/C10H16N4O3/c1-13-10(8(6-12-13)14(15)16)9-3-2-7(11)4-5-17-9/h6-7,9H,2-5,11H2,1H3. The average molecular weight is 240 g/mol. The molecule has 1 aromatic heterocycles. The Balaban J connectivity index is 2.26. The lowest BCUT2D eigenvalue weighted by molar-refractivity contribution is -0.386. The van der Waals surface area contributed by atoms with E-state index in [4.69, 9.17) is 10.5 Å². The van der Waals surface area contributed by atoms with Gasteiger partial charge in [-0.3, -0.25) is 14.8 Å². The summed E-state index contributed by atoms with van der Waals surface area (Å²) in [6, 6.07) is 0.118. The van der Waals surface area contributed by atoms with Crippen molar-refractivity contribution in [2.24, 2.45) is 12.8 Å². The molecule has 0 aromatic carbocycles. The van der Waals surface area contributed by atoms with Crippen LogP contribution in [0.25, 0.3) is 0 Å². The summed E-state index contributed by atoms with van der Waals surface area (Å²) in [5.74, 6) is 0. The van der Waals surface area contributed by atoms with Gasteiger partial charge < -0.3 is 10.5 Å². The zero-order chi connectivity index (χ0) is 12.4. The van der Waals surface area contributed by atoms with Crippen LogP contribution in [-0.4, -0.2) is 27.4 Å². The summed E-state index contributed by atoms with van der Waals surface area (Å²) in [4.78, 5) is 10.5. The van der Waals surface area contributed by atoms with Crippen LogP contribution in [0.4, 0.5) is 5.69 Å². The Hall–Kier alpha value is -1.47. The fourth-order valence-corrected chi connectivity index (χ4v) is 2.12. The molecule has 0 saturated carbocycles. The van der Waals surface area contributed by atoms with Crippen molar-refractivity contribution in [2.75, 3.05) is 6.61 Å². The molecule has 1 aliphatic heterocycles. The first kappa shape index (κ1) is 12.0. The predicted molar refractivity (Wildman–Crippen MR) is 60.4 cm³/mol. The Morgan fingerprint density at radius 2 is 2.35 bits per heavy atom. The molecule has 0 amide bonds. The highest BCUT2D eigenvalue weighted by Gasteiger charge is 2.29. The molecule has 2 atom stereocenters. The monoisotopic (exact) mass is 240 g/mol. The van der Waals surface area contributed by atoms with Crippen LogP contribution in [0.5, 0.6) is 0 Å². The van der Waals surface area contributed by atoms with Crippen molar-refractivity contribution in [1.82, 2.24) is 9.78 Å². The fraction of sp³-hybridized carbons (Fsp3) is 0.700. The van der Waals surface area contributed by atoms with Gasteiger partial charge in [0.1, 0.15) is 18.0 Å². The normalized spacial score (nSPS) is 25.5. The van der Waals surface area contributed by atoms with Crippen LogP contribution in [0, 0.1) is 10.1 Å². The van der Waals surface area contributed by atoms with Crippen molar-refractivity contribution >= 4 is 5.69 Å². The molecule has 94 valence electrons. The van der Waals surface area contributed by atoms with Gasteiger partial charge >= 0.3 is 5.69 Å². The molecule has 1 aliphatic rings. The number of aromatic nitrogens is 2. The number of hydrogen-bond acceptors (Lipinski definition) is 5. The van der Waals surface area contributed by atoms with E-state index in [1.54, 1.807) is 7.05 Å². The van der Waals surface area contributed by atoms with Gasteiger partial charge in [-0.25, -0.2) is 0 Å². The highest BCUT2D eigenvalue weighted by molar-refractivity contribution is 5.34. The molecule has 17 heavy (non-hydrogen) atoms. The fourth-order valence-electron chi connectivity index (χ4n) is 2.12. The largest absolute Gasteiger partial charge is 0.372 e. The molecule has 1 aromatic rings. The lowest BCUT2D eigenvalue weighted by Crippen LogP contribution is -2.19. The van der Waals surface area contributed by atoms with E-state index in [0.717, 1.165) is 12.8 Å². The molecule has 2 rings (SSSR count). The Morgan fingerprint density at radius 1 is 1.59 bits per heavy atom. The highest BCUT2D eigenvalue weighted by Crippen LogP contribution is 2.32. The van der Waals surface area contributed by atoms with E-state index >= 15 is 0 Å². The Kier molecular flexibility index (Phi) is 3.39. The molecular weight excluding hydrogens is 224 g/mol. The van der Waals surface area contributed by atoms with E-state index in [0.29, 0.717) is 18.7 Å².